The number of thiophene rings is 1. The average molecular weight is 484 g/mol. The number of amides is 1. The van der Waals surface area contributed by atoms with Crippen LogP contribution < -0.4 is 15.6 Å². The summed E-state index contributed by atoms with van der Waals surface area (Å²) in [6, 6.07) is 12.3. The fraction of sp³-hybridized carbons (Fsp3) is 0.240. The Bertz CT molecular complexity index is 1380. The van der Waals surface area contributed by atoms with Gasteiger partial charge in [0.25, 0.3) is 5.56 Å². The minimum atomic E-state index is -2.87. The van der Waals surface area contributed by atoms with Crippen molar-refractivity contribution in [3.05, 3.63) is 81.2 Å². The van der Waals surface area contributed by atoms with E-state index in [-0.39, 0.29) is 23.8 Å². The molecule has 6 nitrogen and oxygen atoms in total. The summed E-state index contributed by atoms with van der Waals surface area (Å²) >= 11 is 1.40. The van der Waals surface area contributed by atoms with Crippen LogP contribution in [0.25, 0.3) is 21.3 Å². The van der Waals surface area contributed by atoms with Crippen LogP contribution in [0, 0.1) is 13.8 Å². The first kappa shape index (κ1) is 23.6. The van der Waals surface area contributed by atoms with Gasteiger partial charge >= 0.3 is 6.61 Å². The Hall–Kier alpha value is -3.59. The Labute approximate surface area is 198 Å². The maximum atomic E-state index is 13.2. The van der Waals surface area contributed by atoms with Gasteiger partial charge < -0.3 is 10.1 Å². The third-order valence-electron chi connectivity index (χ3n) is 5.58. The van der Waals surface area contributed by atoms with Crippen molar-refractivity contribution in [1.29, 1.82) is 0 Å². The molecular weight excluding hydrogens is 460 g/mol. The second kappa shape index (κ2) is 10.1. The summed E-state index contributed by atoms with van der Waals surface area (Å²) in [5.41, 5.74) is 4.67. The lowest BCUT2D eigenvalue weighted by molar-refractivity contribution is -0.121. The van der Waals surface area contributed by atoms with E-state index in [1.807, 2.05) is 37.4 Å². The number of carbonyl (C=O) groups is 1. The van der Waals surface area contributed by atoms with Crippen LogP contribution >= 0.6 is 11.3 Å². The van der Waals surface area contributed by atoms with Gasteiger partial charge in [-0.05, 0) is 54.7 Å². The zero-order valence-corrected chi connectivity index (χ0v) is 19.5. The lowest BCUT2D eigenvalue weighted by atomic mass is 10.0. The van der Waals surface area contributed by atoms with Crippen molar-refractivity contribution in [2.45, 2.75) is 33.4 Å². The van der Waals surface area contributed by atoms with Crippen LogP contribution in [0.2, 0.25) is 0 Å². The highest BCUT2D eigenvalue weighted by Crippen LogP contribution is 2.31. The van der Waals surface area contributed by atoms with Crippen LogP contribution in [-0.4, -0.2) is 28.6 Å². The highest BCUT2D eigenvalue weighted by atomic mass is 32.1. The van der Waals surface area contributed by atoms with E-state index in [2.05, 4.69) is 15.0 Å². The van der Waals surface area contributed by atoms with E-state index in [1.165, 1.54) is 39.9 Å². The summed E-state index contributed by atoms with van der Waals surface area (Å²) in [5, 5.41) is 5.21. The van der Waals surface area contributed by atoms with Gasteiger partial charge in [-0.25, -0.2) is 4.98 Å². The second-order valence-corrected chi connectivity index (χ2v) is 8.79. The van der Waals surface area contributed by atoms with E-state index in [0.717, 1.165) is 22.3 Å². The summed E-state index contributed by atoms with van der Waals surface area (Å²) in [4.78, 5) is 30.6. The number of halogens is 2. The quantitative estimate of drug-likeness (QED) is 0.394. The van der Waals surface area contributed by atoms with Crippen molar-refractivity contribution < 1.29 is 18.3 Å². The number of aromatic nitrogens is 2. The zero-order chi connectivity index (χ0) is 24.2. The molecule has 34 heavy (non-hydrogen) atoms. The highest BCUT2D eigenvalue weighted by molar-refractivity contribution is 7.17. The molecule has 0 saturated carbocycles. The van der Waals surface area contributed by atoms with E-state index in [4.69, 9.17) is 0 Å². The fourth-order valence-corrected chi connectivity index (χ4v) is 4.50. The molecule has 2 aromatic heterocycles. The monoisotopic (exact) mass is 483 g/mol. The van der Waals surface area contributed by atoms with Gasteiger partial charge in [0.05, 0.1) is 11.7 Å². The number of rotatable bonds is 8. The number of alkyl halides is 2. The molecule has 0 atom stereocenters. The van der Waals surface area contributed by atoms with Gasteiger partial charge in [0, 0.05) is 17.5 Å². The molecule has 0 aliphatic heterocycles. The van der Waals surface area contributed by atoms with E-state index in [0.29, 0.717) is 23.2 Å². The summed E-state index contributed by atoms with van der Waals surface area (Å²) in [7, 11) is 0. The molecule has 9 heteroatoms. The predicted octanol–water partition coefficient (Wildman–Crippen LogP) is 4.70. The van der Waals surface area contributed by atoms with Crippen LogP contribution in [0.1, 0.15) is 16.7 Å². The number of hydrogen-bond donors (Lipinski definition) is 1. The average Bonchev–Trinajstić information content (AvgIpc) is 3.23. The molecule has 1 amide bonds. The van der Waals surface area contributed by atoms with Crippen LogP contribution in [0.3, 0.4) is 0 Å². The third-order valence-corrected chi connectivity index (χ3v) is 6.46. The summed E-state index contributed by atoms with van der Waals surface area (Å²) < 4.78 is 30.1. The fourth-order valence-electron chi connectivity index (χ4n) is 3.60. The van der Waals surface area contributed by atoms with E-state index >= 15 is 0 Å². The summed E-state index contributed by atoms with van der Waals surface area (Å²) in [6.45, 7) is 1.39. The number of hydrogen-bond acceptors (Lipinski definition) is 5. The molecule has 0 bridgehead atoms. The first-order chi connectivity index (χ1) is 16.3. The normalized spacial score (nSPS) is 11.2. The van der Waals surface area contributed by atoms with Gasteiger partial charge in [0.15, 0.2) is 0 Å². The van der Waals surface area contributed by atoms with Crippen LogP contribution in [0.5, 0.6) is 5.75 Å². The number of fused-ring (bicyclic) bond motifs is 1. The maximum absolute atomic E-state index is 13.2. The zero-order valence-electron chi connectivity index (χ0n) is 18.7. The van der Waals surface area contributed by atoms with Gasteiger partial charge in [-0.2, -0.15) is 8.78 Å². The van der Waals surface area contributed by atoms with Gasteiger partial charge in [0.1, 0.15) is 17.1 Å². The van der Waals surface area contributed by atoms with Crippen LogP contribution in [-0.2, 0) is 17.8 Å². The third kappa shape index (κ3) is 5.31. The molecule has 1 N–H and O–H groups in total. The van der Waals surface area contributed by atoms with Gasteiger partial charge in [-0.3, -0.25) is 14.2 Å². The van der Waals surface area contributed by atoms with E-state index in [1.54, 1.807) is 12.1 Å². The Morgan fingerprint density at radius 3 is 2.62 bits per heavy atom. The molecule has 0 radical (unpaired) electrons. The molecule has 0 fully saturated rings. The smallest absolute Gasteiger partial charge is 0.387 e. The largest absolute Gasteiger partial charge is 0.435 e. The van der Waals surface area contributed by atoms with Crippen molar-refractivity contribution in [2.75, 3.05) is 6.54 Å². The van der Waals surface area contributed by atoms with Crippen LogP contribution in [0.15, 0.2) is 59.0 Å². The Balaban J connectivity index is 1.43. The van der Waals surface area contributed by atoms with E-state index in [9.17, 15) is 18.4 Å². The molecular formula is C25H23F2N3O3S. The maximum Gasteiger partial charge on any atom is 0.387 e. The standard InChI is InChI=1S/C25H23F2N3O3S/c1-15-3-6-18(11-16(15)2)20-13-34-23-22(20)24(32)30(14-29-23)12-21(31)28-10-9-17-4-7-19(8-5-17)33-25(26)27/h3-8,11,13-14,25H,9-10,12H2,1-2H3,(H,28,31). The first-order valence-corrected chi connectivity index (χ1v) is 11.5. The molecule has 0 saturated heterocycles. The molecule has 4 rings (SSSR count). The van der Waals surface area contributed by atoms with Gasteiger partial charge in [-0.15, -0.1) is 11.3 Å². The Morgan fingerprint density at radius 1 is 1.15 bits per heavy atom. The highest BCUT2D eigenvalue weighted by Gasteiger charge is 2.15. The second-order valence-electron chi connectivity index (χ2n) is 7.93. The number of benzene rings is 2. The first-order valence-electron chi connectivity index (χ1n) is 10.7. The minimum Gasteiger partial charge on any atom is -0.435 e. The summed E-state index contributed by atoms with van der Waals surface area (Å²) in [5.74, 6) is -0.234. The van der Waals surface area contributed by atoms with Crippen molar-refractivity contribution >= 4 is 27.5 Å². The number of nitrogens with zero attached hydrogens (tertiary/aromatic N) is 2. The molecule has 2 aromatic carbocycles. The van der Waals surface area contributed by atoms with Gasteiger partial charge in [-0.1, -0.05) is 30.3 Å². The SMILES string of the molecule is Cc1ccc(-c2csc3ncn(CC(=O)NCCc4ccc(OC(F)F)cc4)c(=O)c23)cc1C. The summed E-state index contributed by atoms with van der Waals surface area (Å²) in [6.07, 6.45) is 1.90. The minimum absolute atomic E-state index is 0.0821. The molecule has 2 heterocycles. The Kier molecular flexibility index (Phi) is 7.02. The van der Waals surface area contributed by atoms with Crippen molar-refractivity contribution in [1.82, 2.24) is 14.9 Å². The van der Waals surface area contributed by atoms with Crippen molar-refractivity contribution in [3.8, 4) is 16.9 Å². The van der Waals surface area contributed by atoms with Gasteiger partial charge in [0.2, 0.25) is 5.91 Å². The van der Waals surface area contributed by atoms with Crippen LogP contribution in [0.4, 0.5) is 8.78 Å². The van der Waals surface area contributed by atoms with Crippen molar-refractivity contribution in [2.24, 2.45) is 0 Å². The molecule has 4 aromatic rings. The predicted molar refractivity (Wildman–Crippen MR) is 129 cm³/mol. The lowest BCUT2D eigenvalue weighted by Crippen LogP contribution is -2.33. The number of carbonyl (C=O) groups excluding carboxylic acids is 1. The molecule has 0 aliphatic carbocycles. The number of ether oxygens (including phenoxy) is 1. The molecule has 176 valence electrons. The molecule has 0 spiro atoms. The number of aryl methyl sites for hydroxylation is 2. The number of nitrogens with one attached hydrogen (secondary N) is 1. The molecule has 0 aliphatic rings. The topological polar surface area (TPSA) is 73.2 Å². The Morgan fingerprint density at radius 2 is 1.91 bits per heavy atom. The van der Waals surface area contributed by atoms with Crippen molar-refractivity contribution in [3.63, 3.8) is 0 Å². The van der Waals surface area contributed by atoms with E-state index < -0.39 is 6.61 Å². The lowest BCUT2D eigenvalue weighted by Gasteiger charge is -2.09. The molecule has 0 unspecified atom stereocenters.